The van der Waals surface area contributed by atoms with Gasteiger partial charge in [-0.1, -0.05) is 32.0 Å². The van der Waals surface area contributed by atoms with Crippen molar-refractivity contribution in [2.24, 2.45) is 0 Å². The fraction of sp³-hybridized carbons (Fsp3) is 0.250. The van der Waals surface area contributed by atoms with Crippen LogP contribution >= 0.6 is 0 Å². The van der Waals surface area contributed by atoms with Crippen molar-refractivity contribution in [1.82, 2.24) is 0 Å². The van der Waals surface area contributed by atoms with Gasteiger partial charge in [0.1, 0.15) is 11.5 Å². The number of hydrogen-bond acceptors (Lipinski definition) is 3. The smallest absolute Gasteiger partial charge is 0.141 e. The van der Waals surface area contributed by atoms with E-state index in [0.717, 1.165) is 11.1 Å². The molecule has 3 N–H and O–H groups in total. The molecule has 0 bridgehead atoms. The van der Waals surface area contributed by atoms with Gasteiger partial charge in [0, 0.05) is 5.41 Å². The molecule has 19 heavy (non-hydrogen) atoms. The predicted molar refractivity (Wildman–Crippen MR) is 77.6 cm³/mol. The van der Waals surface area contributed by atoms with Gasteiger partial charge >= 0.3 is 0 Å². The molecule has 0 fully saturated rings. The van der Waals surface area contributed by atoms with Crippen LogP contribution in [0, 0.1) is 0 Å². The van der Waals surface area contributed by atoms with Crippen molar-refractivity contribution in [3.05, 3.63) is 53.6 Å². The number of aromatic hydroxyl groups is 1. The Morgan fingerprint density at radius 3 is 2.11 bits per heavy atom. The van der Waals surface area contributed by atoms with Crippen LogP contribution in [0.1, 0.15) is 25.0 Å². The molecule has 0 saturated heterocycles. The molecular formula is C16H19NO2. The van der Waals surface area contributed by atoms with E-state index in [4.69, 9.17) is 10.5 Å². The Morgan fingerprint density at radius 2 is 1.58 bits per heavy atom. The van der Waals surface area contributed by atoms with E-state index in [9.17, 15) is 5.11 Å². The average molecular weight is 257 g/mol. The Balaban J connectivity index is 2.43. The maximum absolute atomic E-state index is 9.37. The first-order valence-electron chi connectivity index (χ1n) is 6.18. The van der Waals surface area contributed by atoms with Crippen LogP contribution in [-0.4, -0.2) is 12.2 Å². The number of hydrogen-bond donors (Lipinski definition) is 2. The van der Waals surface area contributed by atoms with Crippen molar-refractivity contribution in [2.45, 2.75) is 19.3 Å². The summed E-state index contributed by atoms with van der Waals surface area (Å²) in [4.78, 5) is 0. The van der Waals surface area contributed by atoms with Gasteiger partial charge in [0.25, 0.3) is 0 Å². The number of anilines is 1. The Kier molecular flexibility index (Phi) is 3.38. The predicted octanol–water partition coefficient (Wildman–Crippen LogP) is 3.31. The largest absolute Gasteiger partial charge is 0.508 e. The van der Waals surface area contributed by atoms with E-state index in [-0.39, 0.29) is 11.2 Å². The first kappa shape index (κ1) is 13.3. The summed E-state index contributed by atoms with van der Waals surface area (Å²) < 4.78 is 5.18. The van der Waals surface area contributed by atoms with Crippen molar-refractivity contribution >= 4 is 5.69 Å². The lowest BCUT2D eigenvalue weighted by molar-refractivity contribution is 0.416. The average Bonchev–Trinajstić information content (AvgIpc) is 2.39. The molecule has 0 unspecified atom stereocenters. The number of nitrogens with two attached hydrogens (primary N) is 1. The second-order valence-electron chi connectivity index (χ2n) is 5.13. The molecule has 2 aromatic carbocycles. The number of methoxy groups -OCH3 is 1. The molecule has 0 amide bonds. The summed E-state index contributed by atoms with van der Waals surface area (Å²) >= 11 is 0. The minimum atomic E-state index is -0.186. The molecular weight excluding hydrogens is 238 g/mol. The zero-order chi connectivity index (χ0) is 14.0. The lowest BCUT2D eigenvalue weighted by atomic mass is 9.78. The second-order valence-corrected chi connectivity index (χ2v) is 5.13. The van der Waals surface area contributed by atoms with E-state index in [1.807, 2.05) is 30.3 Å². The van der Waals surface area contributed by atoms with Crippen molar-refractivity contribution < 1.29 is 9.84 Å². The third-order valence-corrected chi connectivity index (χ3v) is 3.54. The first-order valence-corrected chi connectivity index (χ1v) is 6.18. The number of phenolic OH excluding ortho intramolecular Hbond substituents is 1. The van der Waals surface area contributed by atoms with E-state index >= 15 is 0 Å². The molecule has 0 aliphatic carbocycles. The van der Waals surface area contributed by atoms with Crippen LogP contribution in [-0.2, 0) is 5.41 Å². The standard InChI is InChI=1S/C16H19NO2/c1-16(2,11-4-7-13(18)8-5-11)12-6-9-15(19-3)14(17)10-12/h4-10,18H,17H2,1-3H3. The summed E-state index contributed by atoms with van der Waals surface area (Å²) in [7, 11) is 1.61. The van der Waals surface area contributed by atoms with Crippen LogP contribution in [0.25, 0.3) is 0 Å². The van der Waals surface area contributed by atoms with Gasteiger partial charge in [-0.3, -0.25) is 0 Å². The third kappa shape index (κ3) is 2.50. The zero-order valence-corrected chi connectivity index (χ0v) is 11.5. The van der Waals surface area contributed by atoms with Gasteiger partial charge < -0.3 is 15.6 Å². The van der Waals surface area contributed by atoms with Crippen molar-refractivity contribution in [1.29, 1.82) is 0 Å². The number of phenols is 1. The molecule has 0 saturated carbocycles. The molecule has 2 rings (SSSR count). The Bertz CT molecular complexity index is 574. The van der Waals surface area contributed by atoms with E-state index in [2.05, 4.69) is 13.8 Å². The van der Waals surface area contributed by atoms with E-state index in [1.54, 1.807) is 19.2 Å². The summed E-state index contributed by atoms with van der Waals surface area (Å²) in [5, 5.41) is 9.37. The molecule has 0 radical (unpaired) electrons. The van der Waals surface area contributed by atoms with Crippen LogP contribution in [0.3, 0.4) is 0 Å². The monoisotopic (exact) mass is 257 g/mol. The number of rotatable bonds is 3. The maximum atomic E-state index is 9.37. The molecule has 0 atom stereocenters. The van der Waals surface area contributed by atoms with Gasteiger partial charge in [0.15, 0.2) is 0 Å². The van der Waals surface area contributed by atoms with Crippen molar-refractivity contribution in [2.75, 3.05) is 12.8 Å². The fourth-order valence-corrected chi connectivity index (χ4v) is 2.17. The van der Waals surface area contributed by atoms with E-state index < -0.39 is 0 Å². The Labute approximate surface area is 113 Å². The highest BCUT2D eigenvalue weighted by Crippen LogP contribution is 2.35. The van der Waals surface area contributed by atoms with Crippen molar-refractivity contribution in [3.8, 4) is 11.5 Å². The van der Waals surface area contributed by atoms with Gasteiger partial charge in [-0.2, -0.15) is 0 Å². The highest BCUT2D eigenvalue weighted by molar-refractivity contribution is 5.56. The second kappa shape index (κ2) is 4.84. The highest BCUT2D eigenvalue weighted by Gasteiger charge is 2.23. The van der Waals surface area contributed by atoms with Gasteiger partial charge in [0.2, 0.25) is 0 Å². The van der Waals surface area contributed by atoms with E-state index in [0.29, 0.717) is 11.4 Å². The molecule has 3 nitrogen and oxygen atoms in total. The third-order valence-electron chi connectivity index (χ3n) is 3.54. The molecule has 100 valence electrons. The molecule has 2 aromatic rings. The normalized spacial score (nSPS) is 11.3. The number of ether oxygens (including phenoxy) is 1. The quantitative estimate of drug-likeness (QED) is 0.829. The molecule has 3 heteroatoms. The first-order chi connectivity index (χ1) is 8.95. The molecule has 0 aliphatic heterocycles. The Hall–Kier alpha value is -2.16. The van der Waals surface area contributed by atoms with E-state index in [1.165, 1.54) is 0 Å². The van der Waals surface area contributed by atoms with Crippen LogP contribution in [0.15, 0.2) is 42.5 Å². The highest BCUT2D eigenvalue weighted by atomic mass is 16.5. The molecule has 0 spiro atoms. The fourth-order valence-electron chi connectivity index (χ4n) is 2.17. The number of benzene rings is 2. The van der Waals surface area contributed by atoms with Gasteiger partial charge in [-0.05, 0) is 35.4 Å². The van der Waals surface area contributed by atoms with Crippen LogP contribution in [0.5, 0.6) is 11.5 Å². The van der Waals surface area contributed by atoms with Crippen LogP contribution in [0.2, 0.25) is 0 Å². The summed E-state index contributed by atoms with van der Waals surface area (Å²) in [6.07, 6.45) is 0. The zero-order valence-electron chi connectivity index (χ0n) is 11.5. The SMILES string of the molecule is COc1ccc(C(C)(C)c2ccc(O)cc2)cc1N. The summed E-state index contributed by atoms with van der Waals surface area (Å²) in [6, 6.07) is 13.1. The van der Waals surface area contributed by atoms with Gasteiger partial charge in [-0.15, -0.1) is 0 Å². The summed E-state index contributed by atoms with van der Waals surface area (Å²) in [6.45, 7) is 4.25. The lowest BCUT2D eigenvalue weighted by Crippen LogP contribution is -2.19. The van der Waals surface area contributed by atoms with Crippen LogP contribution < -0.4 is 10.5 Å². The molecule has 0 aromatic heterocycles. The maximum Gasteiger partial charge on any atom is 0.141 e. The molecule has 0 heterocycles. The van der Waals surface area contributed by atoms with Gasteiger partial charge in [-0.25, -0.2) is 0 Å². The Morgan fingerprint density at radius 1 is 1.00 bits per heavy atom. The molecule has 0 aliphatic rings. The summed E-state index contributed by atoms with van der Waals surface area (Å²) in [5.74, 6) is 0.957. The minimum absolute atomic E-state index is 0.186. The topological polar surface area (TPSA) is 55.5 Å². The summed E-state index contributed by atoms with van der Waals surface area (Å²) in [5.41, 5.74) is 8.64. The lowest BCUT2D eigenvalue weighted by Gasteiger charge is -2.26. The van der Waals surface area contributed by atoms with Crippen LogP contribution in [0.4, 0.5) is 5.69 Å². The van der Waals surface area contributed by atoms with Crippen molar-refractivity contribution in [3.63, 3.8) is 0 Å². The van der Waals surface area contributed by atoms with Gasteiger partial charge in [0.05, 0.1) is 12.8 Å². The minimum Gasteiger partial charge on any atom is -0.508 e. The number of nitrogen functional groups attached to an aromatic ring is 1.